The maximum absolute atomic E-state index is 13.6. The second-order valence-electron chi connectivity index (χ2n) is 7.05. The van der Waals surface area contributed by atoms with E-state index in [2.05, 4.69) is 5.32 Å². The molecular weight excluding hydrogens is 381 g/mol. The molecule has 154 valence electrons. The van der Waals surface area contributed by atoms with Crippen molar-refractivity contribution in [3.8, 4) is 11.1 Å². The zero-order valence-electron chi connectivity index (χ0n) is 16.7. The molecule has 0 aliphatic rings. The number of primary amides is 1. The fourth-order valence-electron chi connectivity index (χ4n) is 3.39. The second kappa shape index (κ2) is 9.80. The van der Waals surface area contributed by atoms with E-state index in [9.17, 15) is 14.0 Å². The van der Waals surface area contributed by atoms with Crippen LogP contribution in [0.25, 0.3) is 11.1 Å². The van der Waals surface area contributed by atoms with Crippen molar-refractivity contribution in [2.75, 3.05) is 18.9 Å². The quantitative estimate of drug-likeness (QED) is 0.595. The molecule has 0 fully saturated rings. The molecule has 0 aliphatic heterocycles. The number of benzene rings is 3. The van der Waals surface area contributed by atoms with Gasteiger partial charge in [0.05, 0.1) is 0 Å². The van der Waals surface area contributed by atoms with Gasteiger partial charge in [-0.3, -0.25) is 14.5 Å². The molecule has 3 aromatic rings. The Morgan fingerprint density at radius 2 is 1.70 bits per heavy atom. The SMILES string of the molecule is CN(CCC(=O)Nc1ccccc1-c1ccccc1)C(C(N)=O)c1cccc(F)c1. The van der Waals surface area contributed by atoms with Gasteiger partial charge in [0.2, 0.25) is 11.8 Å². The molecule has 0 saturated carbocycles. The van der Waals surface area contributed by atoms with Crippen LogP contribution in [0.2, 0.25) is 0 Å². The monoisotopic (exact) mass is 405 g/mol. The number of nitrogens with zero attached hydrogens (tertiary/aromatic N) is 1. The molecule has 5 nitrogen and oxygen atoms in total. The Kier molecular flexibility index (Phi) is 6.93. The molecule has 0 heterocycles. The van der Waals surface area contributed by atoms with Crippen LogP contribution in [0.3, 0.4) is 0 Å². The largest absolute Gasteiger partial charge is 0.368 e. The number of hydrogen-bond donors (Lipinski definition) is 2. The maximum Gasteiger partial charge on any atom is 0.239 e. The Labute approximate surface area is 175 Å². The highest BCUT2D eigenvalue weighted by atomic mass is 19.1. The van der Waals surface area contributed by atoms with Crippen molar-refractivity contribution >= 4 is 17.5 Å². The first kappa shape index (κ1) is 21.2. The third-order valence-corrected chi connectivity index (χ3v) is 4.85. The summed E-state index contributed by atoms with van der Waals surface area (Å²) in [6, 6.07) is 22.3. The number of anilines is 1. The number of nitrogens with one attached hydrogen (secondary N) is 1. The summed E-state index contributed by atoms with van der Waals surface area (Å²) in [5, 5.41) is 2.94. The van der Waals surface area contributed by atoms with Gasteiger partial charge >= 0.3 is 0 Å². The molecule has 0 spiro atoms. The lowest BCUT2D eigenvalue weighted by molar-refractivity contribution is -0.124. The molecule has 30 heavy (non-hydrogen) atoms. The summed E-state index contributed by atoms with van der Waals surface area (Å²) < 4.78 is 13.6. The van der Waals surface area contributed by atoms with Gasteiger partial charge in [0.1, 0.15) is 11.9 Å². The van der Waals surface area contributed by atoms with E-state index in [1.165, 1.54) is 18.2 Å². The van der Waals surface area contributed by atoms with Crippen molar-refractivity contribution in [3.63, 3.8) is 0 Å². The van der Waals surface area contributed by atoms with Crippen LogP contribution < -0.4 is 11.1 Å². The minimum absolute atomic E-state index is 0.152. The van der Waals surface area contributed by atoms with E-state index in [0.29, 0.717) is 11.3 Å². The number of hydrogen-bond acceptors (Lipinski definition) is 3. The third-order valence-electron chi connectivity index (χ3n) is 4.85. The lowest BCUT2D eigenvalue weighted by atomic mass is 10.0. The predicted octanol–water partition coefficient (Wildman–Crippen LogP) is 3.98. The van der Waals surface area contributed by atoms with Crippen LogP contribution in [0, 0.1) is 5.82 Å². The zero-order valence-corrected chi connectivity index (χ0v) is 16.7. The van der Waals surface area contributed by atoms with Crippen molar-refractivity contribution in [3.05, 3.63) is 90.2 Å². The first-order chi connectivity index (χ1) is 14.5. The molecule has 0 bridgehead atoms. The smallest absolute Gasteiger partial charge is 0.239 e. The summed E-state index contributed by atoms with van der Waals surface area (Å²) in [6.07, 6.45) is 0.152. The number of amides is 2. The first-order valence-corrected chi connectivity index (χ1v) is 9.65. The van der Waals surface area contributed by atoms with Crippen molar-refractivity contribution < 1.29 is 14.0 Å². The van der Waals surface area contributed by atoms with Gasteiger partial charge in [-0.1, -0.05) is 60.7 Å². The third kappa shape index (κ3) is 5.30. The van der Waals surface area contributed by atoms with Crippen molar-refractivity contribution in [2.24, 2.45) is 5.73 Å². The lowest BCUT2D eigenvalue weighted by Crippen LogP contribution is -2.37. The highest BCUT2D eigenvalue weighted by Gasteiger charge is 2.23. The fraction of sp³-hybridized carbons (Fsp3) is 0.167. The summed E-state index contributed by atoms with van der Waals surface area (Å²) in [6.45, 7) is 0.281. The van der Waals surface area contributed by atoms with Crippen LogP contribution in [0.1, 0.15) is 18.0 Å². The van der Waals surface area contributed by atoms with E-state index in [4.69, 9.17) is 5.73 Å². The van der Waals surface area contributed by atoms with Crippen molar-refractivity contribution in [2.45, 2.75) is 12.5 Å². The Bertz CT molecular complexity index is 1020. The second-order valence-corrected chi connectivity index (χ2v) is 7.05. The Morgan fingerprint density at radius 3 is 2.40 bits per heavy atom. The minimum Gasteiger partial charge on any atom is -0.368 e. The summed E-state index contributed by atoms with van der Waals surface area (Å²) in [7, 11) is 1.69. The van der Waals surface area contributed by atoms with Gasteiger partial charge in [0.15, 0.2) is 0 Å². The number of carbonyl (C=O) groups is 2. The molecule has 0 radical (unpaired) electrons. The highest BCUT2D eigenvalue weighted by Crippen LogP contribution is 2.27. The lowest BCUT2D eigenvalue weighted by Gasteiger charge is -2.25. The van der Waals surface area contributed by atoms with Gasteiger partial charge in [0, 0.05) is 24.2 Å². The molecule has 2 amide bonds. The van der Waals surface area contributed by atoms with Crippen LogP contribution in [-0.2, 0) is 9.59 Å². The number of likely N-dealkylation sites (N-methyl/N-ethyl adjacent to an activating group) is 1. The van der Waals surface area contributed by atoms with Crippen molar-refractivity contribution in [1.29, 1.82) is 0 Å². The van der Waals surface area contributed by atoms with Crippen LogP contribution >= 0.6 is 0 Å². The van der Waals surface area contributed by atoms with Crippen LogP contribution in [0.5, 0.6) is 0 Å². The van der Waals surface area contributed by atoms with E-state index in [1.54, 1.807) is 18.0 Å². The van der Waals surface area contributed by atoms with Gasteiger partial charge in [-0.05, 0) is 36.4 Å². The predicted molar refractivity (Wildman–Crippen MR) is 116 cm³/mol. The molecule has 0 saturated heterocycles. The number of rotatable bonds is 8. The van der Waals surface area contributed by atoms with E-state index >= 15 is 0 Å². The normalized spacial score (nSPS) is 11.8. The van der Waals surface area contributed by atoms with Crippen molar-refractivity contribution in [1.82, 2.24) is 4.90 Å². The Balaban J connectivity index is 1.67. The molecule has 0 aliphatic carbocycles. The van der Waals surface area contributed by atoms with E-state index in [-0.39, 0.29) is 18.9 Å². The van der Waals surface area contributed by atoms with E-state index < -0.39 is 17.8 Å². The molecule has 1 atom stereocenters. The first-order valence-electron chi connectivity index (χ1n) is 9.65. The van der Waals surface area contributed by atoms with Crippen LogP contribution in [0.15, 0.2) is 78.9 Å². The van der Waals surface area contributed by atoms with E-state index in [1.807, 2.05) is 54.6 Å². The average molecular weight is 405 g/mol. The molecule has 3 aromatic carbocycles. The molecular formula is C24H24FN3O2. The maximum atomic E-state index is 13.6. The fourth-order valence-corrected chi connectivity index (χ4v) is 3.39. The summed E-state index contributed by atoms with van der Waals surface area (Å²) in [4.78, 5) is 26.2. The van der Waals surface area contributed by atoms with Gasteiger partial charge in [-0.15, -0.1) is 0 Å². The molecule has 3 rings (SSSR count). The number of carbonyl (C=O) groups excluding carboxylic acids is 2. The summed E-state index contributed by atoms with van der Waals surface area (Å²) in [5.41, 5.74) is 8.63. The van der Waals surface area contributed by atoms with Gasteiger partial charge in [0.25, 0.3) is 0 Å². The van der Waals surface area contributed by atoms with Gasteiger partial charge in [-0.2, -0.15) is 0 Å². The zero-order chi connectivity index (χ0) is 21.5. The molecule has 6 heteroatoms. The minimum atomic E-state index is -0.815. The Hall–Kier alpha value is -3.51. The van der Waals surface area contributed by atoms with Crippen LogP contribution in [-0.4, -0.2) is 30.3 Å². The number of halogens is 1. The summed E-state index contributed by atoms with van der Waals surface area (Å²) in [5.74, 6) is -1.23. The Morgan fingerprint density at radius 1 is 1.00 bits per heavy atom. The standard InChI is InChI=1S/C24H24FN3O2/c1-28(23(24(26)30)18-10-7-11-19(25)16-18)15-14-22(29)27-21-13-6-5-12-20(21)17-8-3-2-4-9-17/h2-13,16,23H,14-15H2,1H3,(H2,26,30)(H,27,29). The highest BCUT2D eigenvalue weighted by molar-refractivity contribution is 5.95. The van der Waals surface area contributed by atoms with E-state index in [0.717, 1.165) is 11.1 Å². The topological polar surface area (TPSA) is 75.4 Å². The molecule has 0 aromatic heterocycles. The average Bonchev–Trinajstić information content (AvgIpc) is 2.73. The number of para-hydroxylation sites is 1. The van der Waals surface area contributed by atoms with Gasteiger partial charge < -0.3 is 11.1 Å². The summed E-state index contributed by atoms with van der Waals surface area (Å²) >= 11 is 0. The van der Waals surface area contributed by atoms with Crippen LogP contribution in [0.4, 0.5) is 10.1 Å². The number of nitrogens with two attached hydrogens (primary N) is 1. The molecule has 1 unspecified atom stereocenters. The molecule has 3 N–H and O–H groups in total. The van der Waals surface area contributed by atoms with Gasteiger partial charge in [-0.25, -0.2) is 4.39 Å².